The number of fused-ring (bicyclic) bond motifs is 1. The number of nitrogens with zero attached hydrogens (tertiary/aromatic N) is 1. The average Bonchev–Trinajstić information content (AvgIpc) is 2.79. The van der Waals surface area contributed by atoms with E-state index >= 15 is 0 Å². The highest BCUT2D eigenvalue weighted by molar-refractivity contribution is 5.84. The predicted octanol–water partition coefficient (Wildman–Crippen LogP) is 3.00. The normalized spacial score (nSPS) is 16.9. The molecule has 0 unspecified atom stereocenters. The average molecular weight is 272 g/mol. The van der Waals surface area contributed by atoms with E-state index in [-0.39, 0.29) is 0 Å². The quantitative estimate of drug-likeness (QED) is 0.926. The van der Waals surface area contributed by atoms with Gasteiger partial charge in [0.05, 0.1) is 0 Å². The number of aromatic nitrogens is 1. The van der Waals surface area contributed by atoms with Crippen molar-refractivity contribution < 1.29 is 4.74 Å². The van der Waals surface area contributed by atoms with Crippen molar-refractivity contribution in [2.45, 2.75) is 26.3 Å². The lowest BCUT2D eigenvalue weighted by Gasteiger charge is -2.22. The van der Waals surface area contributed by atoms with E-state index in [2.05, 4.69) is 48.1 Å². The van der Waals surface area contributed by atoms with Gasteiger partial charge in [-0.1, -0.05) is 12.1 Å². The summed E-state index contributed by atoms with van der Waals surface area (Å²) in [7, 11) is 2.16. The molecule has 0 radical (unpaired) electrons. The first-order valence-corrected chi connectivity index (χ1v) is 7.58. The zero-order valence-electron chi connectivity index (χ0n) is 12.5. The van der Waals surface area contributed by atoms with E-state index in [1.165, 1.54) is 35.0 Å². The predicted molar refractivity (Wildman–Crippen MR) is 82.9 cm³/mol. The molecule has 108 valence electrons. The fraction of sp³-hybridized carbons (Fsp3) is 0.529. The Kier molecular flexibility index (Phi) is 4.08. The highest BCUT2D eigenvalue weighted by atomic mass is 16.5. The van der Waals surface area contributed by atoms with E-state index in [1.54, 1.807) is 0 Å². The van der Waals surface area contributed by atoms with Crippen molar-refractivity contribution in [3.05, 3.63) is 35.5 Å². The topological polar surface area (TPSA) is 26.2 Å². The number of hydrogen-bond acceptors (Lipinski definition) is 2. The summed E-state index contributed by atoms with van der Waals surface area (Å²) >= 11 is 0. The lowest BCUT2D eigenvalue weighted by Crippen LogP contribution is -2.27. The van der Waals surface area contributed by atoms with Crippen molar-refractivity contribution in [2.24, 2.45) is 13.0 Å². The van der Waals surface area contributed by atoms with Crippen molar-refractivity contribution >= 4 is 10.9 Å². The van der Waals surface area contributed by atoms with Crippen LogP contribution in [0.2, 0.25) is 0 Å². The lowest BCUT2D eigenvalue weighted by molar-refractivity contribution is 0.0662. The van der Waals surface area contributed by atoms with E-state index in [0.717, 1.165) is 32.2 Å². The van der Waals surface area contributed by atoms with Crippen molar-refractivity contribution in [3.63, 3.8) is 0 Å². The molecule has 1 fully saturated rings. The zero-order chi connectivity index (χ0) is 13.9. The maximum absolute atomic E-state index is 5.40. The number of rotatable bonds is 4. The molecule has 3 heteroatoms. The van der Waals surface area contributed by atoms with Crippen LogP contribution in [0.1, 0.15) is 24.1 Å². The number of benzene rings is 1. The molecule has 0 spiro atoms. The minimum atomic E-state index is 0.778. The molecule has 20 heavy (non-hydrogen) atoms. The molecule has 3 nitrogen and oxygen atoms in total. The first kappa shape index (κ1) is 13.7. The molecule has 1 N–H and O–H groups in total. The largest absolute Gasteiger partial charge is 0.381 e. The molecule has 1 aromatic carbocycles. The zero-order valence-corrected chi connectivity index (χ0v) is 12.5. The Morgan fingerprint density at radius 2 is 2.10 bits per heavy atom. The Morgan fingerprint density at radius 1 is 1.30 bits per heavy atom. The van der Waals surface area contributed by atoms with Gasteiger partial charge in [-0.05, 0) is 49.9 Å². The standard InChI is InChI=1S/C17H24N2O/c1-13-4-3-5-17-16(13)10-15(19(17)2)12-18-11-14-6-8-20-9-7-14/h3-5,10,14,18H,6-9,11-12H2,1-2H3. The molecule has 1 saturated heterocycles. The monoisotopic (exact) mass is 272 g/mol. The molecule has 0 saturated carbocycles. The van der Waals surface area contributed by atoms with Crippen molar-refractivity contribution in [1.82, 2.24) is 9.88 Å². The second-order valence-electron chi connectivity index (χ2n) is 5.89. The van der Waals surface area contributed by atoms with Crippen LogP contribution >= 0.6 is 0 Å². The number of ether oxygens (including phenoxy) is 1. The summed E-state index contributed by atoms with van der Waals surface area (Å²) in [5, 5.41) is 4.99. The highest BCUT2D eigenvalue weighted by Gasteiger charge is 2.13. The van der Waals surface area contributed by atoms with E-state index in [9.17, 15) is 0 Å². The Hall–Kier alpha value is -1.32. The van der Waals surface area contributed by atoms with Crippen LogP contribution in [0, 0.1) is 12.8 Å². The molecule has 0 bridgehead atoms. The van der Waals surface area contributed by atoms with Gasteiger partial charge in [0.15, 0.2) is 0 Å². The smallest absolute Gasteiger partial charge is 0.0482 e. The fourth-order valence-electron chi connectivity index (χ4n) is 3.09. The molecule has 1 aromatic heterocycles. The molecular formula is C17H24N2O. The van der Waals surface area contributed by atoms with Crippen LogP contribution < -0.4 is 5.32 Å². The van der Waals surface area contributed by atoms with Gasteiger partial charge in [-0.2, -0.15) is 0 Å². The molecule has 1 aliphatic rings. The summed E-state index contributed by atoms with van der Waals surface area (Å²) in [4.78, 5) is 0. The molecule has 0 amide bonds. The highest BCUT2D eigenvalue weighted by Crippen LogP contribution is 2.22. The van der Waals surface area contributed by atoms with Gasteiger partial charge in [-0.3, -0.25) is 0 Å². The van der Waals surface area contributed by atoms with Crippen LogP contribution in [0.15, 0.2) is 24.3 Å². The molecule has 2 heterocycles. The third-order valence-corrected chi connectivity index (χ3v) is 4.48. The molecule has 3 rings (SSSR count). The second kappa shape index (κ2) is 5.98. The van der Waals surface area contributed by atoms with Gasteiger partial charge < -0.3 is 14.6 Å². The van der Waals surface area contributed by atoms with Gasteiger partial charge in [-0.15, -0.1) is 0 Å². The van der Waals surface area contributed by atoms with Crippen LogP contribution in [0.4, 0.5) is 0 Å². The van der Waals surface area contributed by atoms with Gasteiger partial charge >= 0.3 is 0 Å². The van der Waals surface area contributed by atoms with Crippen LogP contribution in [-0.2, 0) is 18.3 Å². The Balaban J connectivity index is 1.65. The molecule has 2 aromatic rings. The first-order valence-electron chi connectivity index (χ1n) is 7.58. The van der Waals surface area contributed by atoms with E-state index in [0.29, 0.717) is 0 Å². The van der Waals surface area contributed by atoms with Gasteiger partial charge in [0, 0.05) is 43.4 Å². The summed E-state index contributed by atoms with van der Waals surface area (Å²) in [5.74, 6) is 0.778. The second-order valence-corrected chi connectivity index (χ2v) is 5.89. The Labute approximate surface area is 120 Å². The lowest BCUT2D eigenvalue weighted by atomic mass is 10.0. The molecular weight excluding hydrogens is 248 g/mol. The number of nitrogens with one attached hydrogen (secondary N) is 1. The van der Waals surface area contributed by atoms with E-state index in [1.807, 2.05) is 0 Å². The van der Waals surface area contributed by atoms with Crippen LogP contribution in [0.5, 0.6) is 0 Å². The van der Waals surface area contributed by atoms with E-state index < -0.39 is 0 Å². The van der Waals surface area contributed by atoms with Crippen molar-refractivity contribution in [3.8, 4) is 0 Å². The Morgan fingerprint density at radius 3 is 2.85 bits per heavy atom. The molecule has 0 aliphatic carbocycles. The maximum Gasteiger partial charge on any atom is 0.0482 e. The van der Waals surface area contributed by atoms with Crippen LogP contribution in [0.3, 0.4) is 0 Å². The van der Waals surface area contributed by atoms with E-state index in [4.69, 9.17) is 4.74 Å². The summed E-state index contributed by atoms with van der Waals surface area (Å²) in [6.07, 6.45) is 2.39. The van der Waals surface area contributed by atoms with Crippen LogP contribution in [0.25, 0.3) is 10.9 Å². The van der Waals surface area contributed by atoms with Gasteiger partial charge in [0.1, 0.15) is 0 Å². The third kappa shape index (κ3) is 2.74. The number of aryl methyl sites for hydroxylation is 2. The van der Waals surface area contributed by atoms with Crippen molar-refractivity contribution in [1.29, 1.82) is 0 Å². The van der Waals surface area contributed by atoms with Gasteiger partial charge in [0.25, 0.3) is 0 Å². The summed E-state index contributed by atoms with van der Waals surface area (Å²) in [6, 6.07) is 8.84. The molecule has 0 atom stereocenters. The fourth-order valence-corrected chi connectivity index (χ4v) is 3.09. The van der Waals surface area contributed by atoms with Gasteiger partial charge in [0.2, 0.25) is 0 Å². The first-order chi connectivity index (χ1) is 9.75. The minimum Gasteiger partial charge on any atom is -0.381 e. The number of hydrogen-bond donors (Lipinski definition) is 1. The summed E-state index contributed by atoms with van der Waals surface area (Å²) < 4.78 is 7.71. The summed E-state index contributed by atoms with van der Waals surface area (Å²) in [6.45, 7) is 6.09. The van der Waals surface area contributed by atoms with Crippen molar-refractivity contribution in [2.75, 3.05) is 19.8 Å². The SMILES string of the molecule is Cc1cccc2c1cc(CNCC1CCOCC1)n2C. The van der Waals surface area contributed by atoms with Gasteiger partial charge in [-0.25, -0.2) is 0 Å². The molecule has 1 aliphatic heterocycles. The maximum atomic E-state index is 5.40. The summed E-state index contributed by atoms with van der Waals surface area (Å²) in [5.41, 5.74) is 4.04. The minimum absolute atomic E-state index is 0.778. The third-order valence-electron chi connectivity index (χ3n) is 4.48. The van der Waals surface area contributed by atoms with Crippen LogP contribution in [-0.4, -0.2) is 24.3 Å². The Bertz CT molecular complexity index is 582.